The summed E-state index contributed by atoms with van der Waals surface area (Å²) in [5, 5.41) is 29.2. The van der Waals surface area contributed by atoms with Gasteiger partial charge in [0.2, 0.25) is 6.16 Å². The van der Waals surface area contributed by atoms with Gasteiger partial charge in [-0.15, -0.1) is 0 Å². The van der Waals surface area contributed by atoms with E-state index in [2.05, 4.69) is 14.1 Å². The summed E-state index contributed by atoms with van der Waals surface area (Å²) in [6, 6.07) is 0. The number of nitrogens with zero attached hydrogens (tertiary/aromatic N) is 1. The Morgan fingerprint density at radius 2 is 1.25 bits per heavy atom. The Balaban J connectivity index is 0. The maximum atomic E-state index is 8.56. The quantitative estimate of drug-likeness (QED) is 0.523. The van der Waals surface area contributed by atoms with Crippen LogP contribution in [0.2, 0.25) is 0 Å². The Morgan fingerprint density at radius 1 is 1.00 bits per heavy atom. The van der Waals surface area contributed by atoms with Crippen molar-refractivity contribution in [3.63, 3.8) is 0 Å². The van der Waals surface area contributed by atoms with Crippen LogP contribution in [-0.2, 0) is 0 Å². The molecule has 7 nitrogen and oxygen atoms in total. The van der Waals surface area contributed by atoms with Crippen LogP contribution in [0.1, 0.15) is 19.3 Å². The molecule has 0 aromatic carbocycles. The minimum absolute atomic E-state index is 1.25. The Morgan fingerprint density at radius 3 is 1.38 bits per heavy atom. The lowest BCUT2D eigenvalue weighted by molar-refractivity contribution is -0.894. The largest absolute Gasteiger partial charge is 0.565 e. The molecule has 1 rings (SSSR count). The average molecular weight is 237 g/mol. The van der Waals surface area contributed by atoms with Gasteiger partial charge in [-0.25, -0.2) is 4.79 Å². The van der Waals surface area contributed by atoms with Crippen LogP contribution in [0.25, 0.3) is 0 Å². The lowest BCUT2D eigenvalue weighted by Gasteiger charge is -2.33. The highest BCUT2D eigenvalue weighted by Crippen LogP contribution is 2.12. The third-order valence-corrected chi connectivity index (χ3v) is 2.03. The molecule has 7 heteroatoms. The second-order valence-corrected chi connectivity index (χ2v) is 3.99. The first-order valence-electron chi connectivity index (χ1n) is 4.81. The lowest BCUT2D eigenvalue weighted by atomic mass is 10.1. The fourth-order valence-electron chi connectivity index (χ4n) is 1.37. The van der Waals surface area contributed by atoms with Gasteiger partial charge >= 0.3 is 6.16 Å². The molecule has 0 aromatic heterocycles. The minimum Gasteiger partial charge on any atom is -0.565 e. The van der Waals surface area contributed by atoms with E-state index in [4.69, 9.17) is 30.0 Å². The summed E-state index contributed by atoms with van der Waals surface area (Å²) in [5.74, 6) is 0. The van der Waals surface area contributed by atoms with Crippen LogP contribution in [0, 0.1) is 0 Å². The SMILES string of the molecule is C[N+]1(C)CCCCC1.O=C(O)O.O=C([O-])O. The van der Waals surface area contributed by atoms with Crippen molar-refractivity contribution in [3.05, 3.63) is 0 Å². The molecule has 0 aromatic rings. The minimum atomic E-state index is -2.08. The summed E-state index contributed by atoms with van der Waals surface area (Å²) in [6.45, 7) is 2.78. The van der Waals surface area contributed by atoms with Crippen molar-refractivity contribution in [2.75, 3.05) is 27.2 Å². The van der Waals surface area contributed by atoms with E-state index in [0.717, 1.165) is 0 Å². The van der Waals surface area contributed by atoms with Gasteiger partial charge in [0, 0.05) is 0 Å². The molecule has 0 radical (unpaired) electrons. The molecule has 0 aliphatic carbocycles. The highest BCUT2D eigenvalue weighted by atomic mass is 16.6. The second kappa shape index (κ2) is 8.78. The van der Waals surface area contributed by atoms with Gasteiger partial charge in [0.05, 0.1) is 27.2 Å². The number of piperidine rings is 1. The van der Waals surface area contributed by atoms with E-state index in [0.29, 0.717) is 0 Å². The van der Waals surface area contributed by atoms with Crippen LogP contribution >= 0.6 is 0 Å². The molecule has 3 N–H and O–H groups in total. The Kier molecular flexibility index (Phi) is 9.28. The van der Waals surface area contributed by atoms with Crippen LogP contribution in [-0.4, -0.2) is 59.3 Å². The first kappa shape index (κ1) is 16.9. The number of carbonyl (C=O) groups is 2. The fourth-order valence-corrected chi connectivity index (χ4v) is 1.37. The van der Waals surface area contributed by atoms with E-state index in [1.54, 1.807) is 0 Å². The molecule has 0 saturated carbocycles. The topological polar surface area (TPSA) is 118 Å². The molecule has 0 bridgehead atoms. The predicted molar refractivity (Wildman–Crippen MR) is 54.4 cm³/mol. The van der Waals surface area contributed by atoms with E-state index >= 15 is 0 Å². The standard InChI is InChI=1S/C7H16N.2CH2O3/c1-8(2)6-4-3-5-7-8;2*2-1(3)4/h3-7H2,1-2H3;2*(H2,2,3,4)/q+1;;/p-1. The zero-order valence-electron chi connectivity index (χ0n) is 9.55. The van der Waals surface area contributed by atoms with Gasteiger partial charge in [0.25, 0.3) is 0 Å². The Hall–Kier alpha value is -1.50. The molecule has 1 aliphatic rings. The zero-order chi connectivity index (χ0) is 13.2. The number of hydrogen-bond acceptors (Lipinski definition) is 3. The van der Waals surface area contributed by atoms with Gasteiger partial charge in [0.1, 0.15) is 0 Å². The summed E-state index contributed by atoms with van der Waals surface area (Å²) in [5.41, 5.74) is 0. The van der Waals surface area contributed by atoms with Crippen molar-refractivity contribution in [1.82, 2.24) is 0 Å². The molecular weight excluding hydrogens is 218 g/mol. The van der Waals surface area contributed by atoms with Crippen molar-refractivity contribution in [2.45, 2.75) is 19.3 Å². The predicted octanol–water partition coefficient (Wildman–Crippen LogP) is 0.357. The number of rotatable bonds is 0. The van der Waals surface area contributed by atoms with E-state index in [1.807, 2.05) is 0 Å². The van der Waals surface area contributed by atoms with Gasteiger partial charge in [-0.2, -0.15) is 0 Å². The van der Waals surface area contributed by atoms with Crippen molar-refractivity contribution in [3.8, 4) is 0 Å². The van der Waals surface area contributed by atoms with Gasteiger partial charge in [0.15, 0.2) is 0 Å². The van der Waals surface area contributed by atoms with Crippen molar-refractivity contribution < 1.29 is 34.5 Å². The second-order valence-electron chi connectivity index (χ2n) is 3.99. The summed E-state index contributed by atoms with van der Waals surface area (Å²) in [4.78, 5) is 17.0. The molecule has 1 aliphatic heterocycles. The number of likely N-dealkylation sites (tertiary alicyclic amines) is 1. The first-order valence-corrected chi connectivity index (χ1v) is 4.81. The summed E-state index contributed by atoms with van der Waals surface area (Å²) >= 11 is 0. The maximum Gasteiger partial charge on any atom is 0.503 e. The van der Waals surface area contributed by atoms with E-state index in [9.17, 15) is 0 Å². The summed E-state index contributed by atoms with van der Waals surface area (Å²) in [7, 11) is 4.64. The van der Waals surface area contributed by atoms with Gasteiger partial charge in [-0.05, 0) is 19.3 Å². The number of carboxylic acid groups (broad SMARTS) is 4. The highest BCUT2D eigenvalue weighted by molar-refractivity contribution is 5.53. The smallest absolute Gasteiger partial charge is 0.503 e. The van der Waals surface area contributed by atoms with Crippen molar-refractivity contribution in [1.29, 1.82) is 0 Å². The van der Waals surface area contributed by atoms with E-state index < -0.39 is 12.3 Å². The molecule has 0 spiro atoms. The third-order valence-electron chi connectivity index (χ3n) is 2.03. The van der Waals surface area contributed by atoms with Gasteiger partial charge in [-0.3, -0.25) is 0 Å². The molecule has 96 valence electrons. The average Bonchev–Trinajstić information content (AvgIpc) is 2.00. The maximum absolute atomic E-state index is 8.56. The van der Waals surface area contributed by atoms with Gasteiger partial charge < -0.3 is 29.7 Å². The lowest BCUT2D eigenvalue weighted by Crippen LogP contribution is -2.43. The molecule has 1 saturated heterocycles. The summed E-state index contributed by atoms with van der Waals surface area (Å²) < 4.78 is 1.25. The van der Waals surface area contributed by atoms with Crippen LogP contribution in [0.15, 0.2) is 0 Å². The first-order chi connectivity index (χ1) is 7.17. The zero-order valence-corrected chi connectivity index (χ0v) is 9.55. The number of hydrogen-bond donors (Lipinski definition) is 3. The summed E-state index contributed by atoms with van der Waals surface area (Å²) in [6.07, 6.45) is 0.418. The van der Waals surface area contributed by atoms with Crippen LogP contribution in [0.3, 0.4) is 0 Å². The van der Waals surface area contributed by atoms with Crippen molar-refractivity contribution >= 4 is 12.3 Å². The van der Waals surface area contributed by atoms with Crippen LogP contribution in [0.4, 0.5) is 9.59 Å². The number of quaternary nitrogens is 1. The Labute approximate surface area is 94.1 Å². The van der Waals surface area contributed by atoms with Crippen LogP contribution < -0.4 is 5.11 Å². The van der Waals surface area contributed by atoms with Crippen molar-refractivity contribution in [2.24, 2.45) is 0 Å². The molecule has 1 fully saturated rings. The molecular formula is C9H19NO6. The van der Waals surface area contributed by atoms with Gasteiger partial charge in [-0.1, -0.05) is 0 Å². The third kappa shape index (κ3) is 22.9. The molecule has 0 unspecified atom stereocenters. The van der Waals surface area contributed by atoms with E-state index in [1.165, 1.54) is 36.8 Å². The monoisotopic (exact) mass is 237 g/mol. The molecule has 0 amide bonds. The Bertz CT molecular complexity index is 188. The molecule has 0 atom stereocenters. The normalized spacial score (nSPS) is 16.9. The fraction of sp³-hybridized carbons (Fsp3) is 0.778. The highest BCUT2D eigenvalue weighted by Gasteiger charge is 2.17. The molecule has 16 heavy (non-hydrogen) atoms. The van der Waals surface area contributed by atoms with E-state index in [-0.39, 0.29) is 0 Å². The van der Waals surface area contributed by atoms with Crippen LogP contribution in [0.5, 0.6) is 0 Å². The molecule has 1 heterocycles.